The lowest BCUT2D eigenvalue weighted by Crippen LogP contribution is -2.61. The normalized spacial score (nSPS) is 21.7. The van der Waals surface area contributed by atoms with Gasteiger partial charge in [0.2, 0.25) is 5.91 Å². The fourth-order valence-electron chi connectivity index (χ4n) is 4.58. The lowest BCUT2D eigenvalue weighted by molar-refractivity contribution is -0.146. The Hall–Kier alpha value is -2.96. The molecular weight excluding hydrogens is 368 g/mol. The van der Waals surface area contributed by atoms with Gasteiger partial charge in [-0.15, -0.1) is 0 Å². The van der Waals surface area contributed by atoms with E-state index in [4.69, 9.17) is 4.74 Å². The number of aromatic nitrogens is 2. The number of likely N-dealkylation sites (tertiary alicyclic amines) is 2. The van der Waals surface area contributed by atoms with E-state index in [0.717, 1.165) is 24.2 Å². The minimum atomic E-state index is -0.772. The molecule has 2 fully saturated rings. The quantitative estimate of drug-likeness (QED) is 0.797. The summed E-state index contributed by atoms with van der Waals surface area (Å²) in [5.41, 5.74) is 1.30. The fraction of sp³-hybridized carbons (Fsp3) is 0.455. The van der Waals surface area contributed by atoms with Crippen LogP contribution >= 0.6 is 0 Å². The molecule has 0 bridgehead atoms. The molecule has 1 atom stereocenters. The first-order valence-corrected chi connectivity index (χ1v) is 10.1. The molecule has 2 saturated heterocycles. The Morgan fingerprint density at radius 1 is 1.21 bits per heavy atom. The number of methoxy groups -OCH3 is 1. The van der Waals surface area contributed by atoms with Gasteiger partial charge in [0.05, 0.1) is 31.1 Å². The zero-order valence-corrected chi connectivity index (χ0v) is 16.9. The van der Waals surface area contributed by atoms with E-state index in [-0.39, 0.29) is 11.8 Å². The van der Waals surface area contributed by atoms with Gasteiger partial charge in [0, 0.05) is 25.0 Å². The SMILES string of the molecule is COc1cnc(C)cc1C(=O)N1CCCC12CCCN(Cc1ccccn1)C2=O. The molecule has 2 aliphatic heterocycles. The first kappa shape index (κ1) is 19.4. The van der Waals surface area contributed by atoms with Crippen molar-refractivity contribution in [3.63, 3.8) is 0 Å². The van der Waals surface area contributed by atoms with Crippen LogP contribution in [0.1, 0.15) is 47.4 Å². The molecule has 152 valence electrons. The molecule has 0 aromatic carbocycles. The van der Waals surface area contributed by atoms with Gasteiger partial charge in [-0.2, -0.15) is 0 Å². The van der Waals surface area contributed by atoms with Gasteiger partial charge >= 0.3 is 0 Å². The Balaban J connectivity index is 1.63. The van der Waals surface area contributed by atoms with Crippen LogP contribution in [-0.2, 0) is 11.3 Å². The summed E-state index contributed by atoms with van der Waals surface area (Å²) in [6.45, 7) is 3.58. The van der Waals surface area contributed by atoms with E-state index in [2.05, 4.69) is 9.97 Å². The van der Waals surface area contributed by atoms with Crippen LogP contribution in [0.5, 0.6) is 5.75 Å². The third kappa shape index (κ3) is 3.45. The van der Waals surface area contributed by atoms with Crippen molar-refractivity contribution in [2.45, 2.75) is 44.7 Å². The van der Waals surface area contributed by atoms with E-state index >= 15 is 0 Å². The van der Waals surface area contributed by atoms with Crippen LogP contribution in [0.2, 0.25) is 0 Å². The summed E-state index contributed by atoms with van der Waals surface area (Å²) in [5.74, 6) is 0.319. The Labute approximate surface area is 170 Å². The number of aryl methyl sites for hydroxylation is 1. The number of ether oxygens (including phenoxy) is 1. The summed E-state index contributed by atoms with van der Waals surface area (Å²) >= 11 is 0. The fourth-order valence-corrected chi connectivity index (χ4v) is 4.58. The van der Waals surface area contributed by atoms with Crippen LogP contribution in [0.15, 0.2) is 36.7 Å². The van der Waals surface area contributed by atoms with E-state index in [1.807, 2.05) is 30.0 Å². The maximum Gasteiger partial charge on any atom is 0.258 e. The molecule has 2 aromatic rings. The van der Waals surface area contributed by atoms with Crippen molar-refractivity contribution in [1.29, 1.82) is 0 Å². The minimum absolute atomic E-state index is 0.0324. The van der Waals surface area contributed by atoms with Crippen molar-refractivity contribution < 1.29 is 14.3 Å². The van der Waals surface area contributed by atoms with Crippen LogP contribution in [0.4, 0.5) is 0 Å². The molecule has 0 radical (unpaired) electrons. The Bertz CT molecular complexity index is 918. The Morgan fingerprint density at radius 3 is 2.72 bits per heavy atom. The zero-order chi connectivity index (χ0) is 20.4. The average molecular weight is 394 g/mol. The monoisotopic (exact) mass is 394 g/mol. The minimum Gasteiger partial charge on any atom is -0.494 e. The number of pyridine rings is 2. The molecule has 29 heavy (non-hydrogen) atoms. The molecule has 7 nitrogen and oxygen atoms in total. The van der Waals surface area contributed by atoms with E-state index in [1.54, 1.807) is 23.4 Å². The molecule has 1 unspecified atom stereocenters. The van der Waals surface area contributed by atoms with Crippen molar-refractivity contribution in [1.82, 2.24) is 19.8 Å². The van der Waals surface area contributed by atoms with Gasteiger partial charge in [0.25, 0.3) is 5.91 Å². The summed E-state index contributed by atoms with van der Waals surface area (Å²) in [7, 11) is 1.53. The highest BCUT2D eigenvalue weighted by Crippen LogP contribution is 2.40. The number of hydrogen-bond acceptors (Lipinski definition) is 5. The van der Waals surface area contributed by atoms with Crippen molar-refractivity contribution in [2.24, 2.45) is 0 Å². The van der Waals surface area contributed by atoms with E-state index in [1.165, 1.54) is 7.11 Å². The van der Waals surface area contributed by atoms with Gasteiger partial charge in [-0.05, 0) is 50.8 Å². The third-order valence-corrected chi connectivity index (χ3v) is 5.97. The molecule has 2 amide bonds. The van der Waals surface area contributed by atoms with E-state index < -0.39 is 5.54 Å². The van der Waals surface area contributed by atoms with E-state index in [0.29, 0.717) is 43.8 Å². The summed E-state index contributed by atoms with van der Waals surface area (Å²) in [6, 6.07) is 7.46. The molecule has 0 N–H and O–H groups in total. The van der Waals surface area contributed by atoms with Gasteiger partial charge in [-0.3, -0.25) is 19.6 Å². The summed E-state index contributed by atoms with van der Waals surface area (Å²) < 4.78 is 5.37. The molecule has 7 heteroatoms. The number of carbonyl (C=O) groups excluding carboxylic acids is 2. The van der Waals surface area contributed by atoms with Gasteiger partial charge in [0.1, 0.15) is 11.3 Å². The second kappa shape index (κ2) is 7.81. The lowest BCUT2D eigenvalue weighted by Gasteiger charge is -2.44. The predicted octanol–water partition coefficient (Wildman–Crippen LogP) is 2.59. The second-order valence-corrected chi connectivity index (χ2v) is 7.77. The highest BCUT2D eigenvalue weighted by Gasteiger charge is 2.53. The van der Waals surface area contributed by atoms with Crippen molar-refractivity contribution in [3.05, 3.63) is 53.6 Å². The molecule has 4 rings (SSSR count). The van der Waals surface area contributed by atoms with Crippen molar-refractivity contribution in [3.8, 4) is 5.75 Å². The summed E-state index contributed by atoms with van der Waals surface area (Å²) in [4.78, 5) is 39.3. The number of amides is 2. The van der Waals surface area contributed by atoms with Crippen LogP contribution in [-0.4, -0.2) is 57.3 Å². The molecule has 0 aliphatic carbocycles. The van der Waals surface area contributed by atoms with Crippen molar-refractivity contribution in [2.75, 3.05) is 20.2 Å². The zero-order valence-electron chi connectivity index (χ0n) is 16.9. The first-order chi connectivity index (χ1) is 14.0. The standard InChI is InChI=1S/C22H26N4O3/c1-16-13-18(19(29-2)14-24-16)20(27)26-12-6-9-22(26)8-5-11-25(21(22)28)15-17-7-3-4-10-23-17/h3-4,7,10,13-14H,5-6,8-9,11-12,15H2,1-2H3. The first-order valence-electron chi connectivity index (χ1n) is 10.1. The number of piperidine rings is 1. The van der Waals surface area contributed by atoms with Crippen LogP contribution in [0, 0.1) is 6.92 Å². The number of carbonyl (C=O) groups is 2. The van der Waals surface area contributed by atoms with E-state index in [9.17, 15) is 9.59 Å². The Kier molecular flexibility index (Phi) is 5.22. The van der Waals surface area contributed by atoms with Crippen LogP contribution in [0.25, 0.3) is 0 Å². The topological polar surface area (TPSA) is 75.6 Å². The smallest absolute Gasteiger partial charge is 0.258 e. The van der Waals surface area contributed by atoms with Gasteiger partial charge in [-0.1, -0.05) is 6.07 Å². The molecule has 2 aromatic heterocycles. The summed E-state index contributed by atoms with van der Waals surface area (Å²) in [5, 5.41) is 0. The van der Waals surface area contributed by atoms with Gasteiger partial charge in [-0.25, -0.2) is 0 Å². The number of nitrogens with zero attached hydrogens (tertiary/aromatic N) is 4. The number of rotatable bonds is 4. The molecular formula is C22H26N4O3. The Morgan fingerprint density at radius 2 is 2.00 bits per heavy atom. The molecule has 0 saturated carbocycles. The molecule has 4 heterocycles. The maximum atomic E-state index is 13.6. The molecule has 2 aliphatic rings. The summed E-state index contributed by atoms with van der Waals surface area (Å²) in [6.07, 6.45) is 6.39. The van der Waals surface area contributed by atoms with Crippen LogP contribution < -0.4 is 4.74 Å². The molecule has 1 spiro atoms. The third-order valence-electron chi connectivity index (χ3n) is 5.97. The van der Waals surface area contributed by atoms with Crippen LogP contribution in [0.3, 0.4) is 0 Å². The average Bonchev–Trinajstić information content (AvgIpc) is 3.16. The highest BCUT2D eigenvalue weighted by molar-refractivity contribution is 6.01. The number of hydrogen-bond donors (Lipinski definition) is 0. The largest absolute Gasteiger partial charge is 0.494 e. The van der Waals surface area contributed by atoms with Gasteiger partial charge < -0.3 is 14.5 Å². The van der Waals surface area contributed by atoms with Gasteiger partial charge in [0.15, 0.2) is 0 Å². The lowest BCUT2D eigenvalue weighted by atomic mass is 9.85. The predicted molar refractivity (Wildman–Crippen MR) is 107 cm³/mol. The second-order valence-electron chi connectivity index (χ2n) is 7.77. The van der Waals surface area contributed by atoms with Crippen molar-refractivity contribution >= 4 is 11.8 Å². The maximum absolute atomic E-state index is 13.6. The highest BCUT2D eigenvalue weighted by atomic mass is 16.5.